The van der Waals surface area contributed by atoms with E-state index >= 15 is 0 Å². The lowest BCUT2D eigenvalue weighted by Crippen LogP contribution is -2.46. The van der Waals surface area contributed by atoms with Gasteiger partial charge >= 0.3 is 0 Å². The van der Waals surface area contributed by atoms with Gasteiger partial charge in [0.05, 0.1) is 0 Å². The molecule has 1 aromatic carbocycles. The fourth-order valence-corrected chi connectivity index (χ4v) is 4.90. The van der Waals surface area contributed by atoms with Gasteiger partial charge in [-0.05, 0) is 67.8 Å². The zero-order valence-electron chi connectivity index (χ0n) is 13.1. The fourth-order valence-electron chi connectivity index (χ4n) is 4.90. The Morgan fingerprint density at radius 2 is 2.00 bits per heavy atom. The molecule has 2 unspecified atom stereocenters. The van der Waals surface area contributed by atoms with Crippen LogP contribution in [0.4, 0.5) is 0 Å². The van der Waals surface area contributed by atoms with Crippen molar-refractivity contribution in [1.82, 2.24) is 10.2 Å². The Morgan fingerprint density at radius 1 is 1.10 bits per heavy atom. The third kappa shape index (κ3) is 2.76. The van der Waals surface area contributed by atoms with Crippen molar-refractivity contribution in [2.24, 2.45) is 5.92 Å². The first kappa shape index (κ1) is 13.8. The summed E-state index contributed by atoms with van der Waals surface area (Å²) in [7, 11) is 0. The van der Waals surface area contributed by atoms with E-state index in [-0.39, 0.29) is 0 Å². The van der Waals surface area contributed by atoms with Crippen LogP contribution in [0.5, 0.6) is 0 Å². The van der Waals surface area contributed by atoms with Gasteiger partial charge in [-0.15, -0.1) is 0 Å². The smallest absolute Gasteiger partial charge is 0.0239 e. The lowest BCUT2D eigenvalue weighted by atomic mass is 9.78. The van der Waals surface area contributed by atoms with E-state index in [2.05, 4.69) is 28.4 Å². The van der Waals surface area contributed by atoms with Crippen molar-refractivity contribution in [3.63, 3.8) is 0 Å². The highest BCUT2D eigenvalue weighted by atomic mass is 15.2. The summed E-state index contributed by atoms with van der Waals surface area (Å²) in [4.78, 5) is 2.82. The Bertz CT molecular complexity index is 494. The summed E-state index contributed by atoms with van der Waals surface area (Å²) in [5.41, 5.74) is 4.80. The molecule has 0 amide bonds. The van der Waals surface area contributed by atoms with Gasteiger partial charge in [-0.3, -0.25) is 4.90 Å². The predicted molar refractivity (Wildman–Crippen MR) is 87.2 cm³/mol. The van der Waals surface area contributed by atoms with Crippen LogP contribution in [0.3, 0.4) is 0 Å². The minimum absolute atomic E-state index is 0.880. The SMILES string of the molecule is c1cc2c(c(CN3CCCC4CCCCC43)c1)CCNC2. The van der Waals surface area contributed by atoms with Crippen molar-refractivity contribution < 1.29 is 0 Å². The van der Waals surface area contributed by atoms with E-state index in [4.69, 9.17) is 0 Å². The monoisotopic (exact) mass is 284 g/mol. The van der Waals surface area contributed by atoms with Gasteiger partial charge in [-0.1, -0.05) is 31.0 Å². The van der Waals surface area contributed by atoms with Crippen LogP contribution in [-0.4, -0.2) is 24.0 Å². The Hall–Kier alpha value is -0.860. The summed E-state index contributed by atoms with van der Waals surface area (Å²) in [6.45, 7) is 4.73. The van der Waals surface area contributed by atoms with E-state index in [9.17, 15) is 0 Å². The van der Waals surface area contributed by atoms with Crippen LogP contribution >= 0.6 is 0 Å². The molecule has 1 saturated carbocycles. The molecule has 0 radical (unpaired) electrons. The third-order valence-corrected chi connectivity index (χ3v) is 5.97. The lowest BCUT2D eigenvalue weighted by Gasteiger charge is -2.44. The van der Waals surface area contributed by atoms with Crippen molar-refractivity contribution in [3.05, 3.63) is 34.9 Å². The second-order valence-electron chi connectivity index (χ2n) is 7.21. The molecule has 2 heterocycles. The summed E-state index contributed by atoms with van der Waals surface area (Å²) >= 11 is 0. The maximum Gasteiger partial charge on any atom is 0.0239 e. The first-order valence-electron chi connectivity index (χ1n) is 8.96. The van der Waals surface area contributed by atoms with Gasteiger partial charge in [0.1, 0.15) is 0 Å². The molecule has 114 valence electrons. The van der Waals surface area contributed by atoms with E-state index in [1.807, 2.05) is 0 Å². The van der Waals surface area contributed by atoms with E-state index in [0.717, 1.165) is 25.0 Å². The minimum atomic E-state index is 0.880. The standard InChI is InChI=1S/C19H28N2/c1-2-9-19-15(5-1)8-4-12-21(19)14-17-7-3-6-16-13-20-11-10-18(16)17/h3,6-7,15,19-20H,1-2,4-5,8-14H2. The number of nitrogens with one attached hydrogen (secondary N) is 1. The number of rotatable bonds is 2. The maximum absolute atomic E-state index is 3.50. The molecule has 2 fully saturated rings. The Labute approximate surface area is 128 Å². The lowest BCUT2D eigenvalue weighted by molar-refractivity contribution is 0.0544. The van der Waals surface area contributed by atoms with Crippen LogP contribution in [-0.2, 0) is 19.5 Å². The van der Waals surface area contributed by atoms with Crippen LogP contribution < -0.4 is 5.32 Å². The van der Waals surface area contributed by atoms with E-state index < -0.39 is 0 Å². The molecule has 2 heteroatoms. The topological polar surface area (TPSA) is 15.3 Å². The first-order valence-corrected chi connectivity index (χ1v) is 8.96. The summed E-state index contributed by atoms with van der Waals surface area (Å²) in [5.74, 6) is 0.994. The van der Waals surface area contributed by atoms with Gasteiger partial charge in [-0.25, -0.2) is 0 Å². The Morgan fingerprint density at radius 3 is 3.00 bits per heavy atom. The highest BCUT2D eigenvalue weighted by Crippen LogP contribution is 2.36. The van der Waals surface area contributed by atoms with Crippen molar-refractivity contribution in [2.75, 3.05) is 13.1 Å². The molecule has 0 bridgehead atoms. The average Bonchev–Trinajstić information content (AvgIpc) is 2.56. The Kier molecular flexibility index (Phi) is 4.00. The summed E-state index contributed by atoms with van der Waals surface area (Å²) < 4.78 is 0. The van der Waals surface area contributed by atoms with Crippen molar-refractivity contribution in [1.29, 1.82) is 0 Å². The van der Waals surface area contributed by atoms with Gasteiger partial charge in [0, 0.05) is 19.1 Å². The van der Waals surface area contributed by atoms with Crippen LogP contribution in [0.2, 0.25) is 0 Å². The number of nitrogens with zero attached hydrogens (tertiary/aromatic N) is 1. The van der Waals surface area contributed by atoms with Crippen LogP contribution in [0, 0.1) is 5.92 Å². The quantitative estimate of drug-likeness (QED) is 0.894. The molecule has 21 heavy (non-hydrogen) atoms. The molecule has 1 aromatic rings. The highest BCUT2D eigenvalue weighted by molar-refractivity contribution is 5.37. The second kappa shape index (κ2) is 6.10. The van der Waals surface area contributed by atoms with Crippen LogP contribution in [0.1, 0.15) is 55.2 Å². The number of benzene rings is 1. The molecule has 1 N–H and O–H groups in total. The minimum Gasteiger partial charge on any atom is -0.312 e. The van der Waals surface area contributed by atoms with Gasteiger partial charge < -0.3 is 5.32 Å². The van der Waals surface area contributed by atoms with Crippen molar-refractivity contribution >= 4 is 0 Å². The molecule has 4 rings (SSSR count). The van der Waals surface area contributed by atoms with Gasteiger partial charge in [-0.2, -0.15) is 0 Å². The normalized spacial score (nSPS) is 29.7. The summed E-state index contributed by atoms with van der Waals surface area (Å²) in [6, 6.07) is 7.84. The zero-order chi connectivity index (χ0) is 14.1. The second-order valence-corrected chi connectivity index (χ2v) is 7.21. The van der Waals surface area contributed by atoms with E-state index in [0.29, 0.717) is 0 Å². The predicted octanol–water partition coefficient (Wildman–Crippen LogP) is 3.49. The molecule has 2 aliphatic heterocycles. The third-order valence-electron chi connectivity index (χ3n) is 5.97. The van der Waals surface area contributed by atoms with Crippen molar-refractivity contribution in [2.45, 2.75) is 64.1 Å². The van der Waals surface area contributed by atoms with Crippen LogP contribution in [0.25, 0.3) is 0 Å². The molecule has 1 saturated heterocycles. The molecular weight excluding hydrogens is 256 g/mol. The van der Waals surface area contributed by atoms with Crippen LogP contribution in [0.15, 0.2) is 18.2 Å². The molecular formula is C19H28N2. The van der Waals surface area contributed by atoms with Gasteiger partial charge in [0.15, 0.2) is 0 Å². The summed E-state index contributed by atoms with van der Waals surface area (Å²) in [5, 5.41) is 3.50. The fraction of sp³-hybridized carbons (Fsp3) is 0.684. The number of likely N-dealkylation sites (tertiary alicyclic amines) is 1. The van der Waals surface area contributed by atoms with Gasteiger partial charge in [0.2, 0.25) is 0 Å². The number of fused-ring (bicyclic) bond motifs is 2. The first-order chi connectivity index (χ1) is 10.4. The maximum atomic E-state index is 3.50. The molecule has 2 atom stereocenters. The average molecular weight is 284 g/mol. The molecule has 2 nitrogen and oxygen atoms in total. The molecule has 0 spiro atoms. The largest absolute Gasteiger partial charge is 0.312 e. The highest BCUT2D eigenvalue weighted by Gasteiger charge is 2.33. The number of hydrogen-bond donors (Lipinski definition) is 1. The number of piperidine rings is 1. The molecule has 3 aliphatic rings. The van der Waals surface area contributed by atoms with E-state index in [1.54, 1.807) is 11.1 Å². The zero-order valence-corrected chi connectivity index (χ0v) is 13.1. The molecule has 0 aromatic heterocycles. The van der Waals surface area contributed by atoms with Gasteiger partial charge in [0.25, 0.3) is 0 Å². The summed E-state index contributed by atoms with van der Waals surface area (Å²) in [6.07, 6.45) is 9.97. The van der Waals surface area contributed by atoms with Crippen molar-refractivity contribution in [3.8, 4) is 0 Å². The number of hydrogen-bond acceptors (Lipinski definition) is 2. The Balaban J connectivity index is 1.55. The molecule has 1 aliphatic carbocycles. The van der Waals surface area contributed by atoms with E-state index in [1.165, 1.54) is 63.6 Å².